The molecular formula is C18H19NO2. The molecule has 0 atom stereocenters. The number of esters is 1. The van der Waals surface area contributed by atoms with Crippen LogP contribution >= 0.6 is 0 Å². The Bertz CT molecular complexity index is 623. The highest BCUT2D eigenvalue weighted by molar-refractivity contribution is 5.78. The Morgan fingerprint density at radius 1 is 0.952 bits per heavy atom. The van der Waals surface area contributed by atoms with Gasteiger partial charge in [-0.1, -0.05) is 24.3 Å². The standard InChI is InChI=1S/C18H19NO2/c1-18(2,3)17(20)21-16-8-6-14(7-9-16)4-5-15-10-12-19-13-11-15/h4-13H,1-3H3/b5-4+. The predicted molar refractivity (Wildman–Crippen MR) is 84.7 cm³/mol. The summed E-state index contributed by atoms with van der Waals surface area (Å²) in [5.74, 6) is 0.332. The Hall–Kier alpha value is -2.42. The smallest absolute Gasteiger partial charge is 0.316 e. The summed E-state index contributed by atoms with van der Waals surface area (Å²) < 4.78 is 5.33. The van der Waals surface area contributed by atoms with Gasteiger partial charge in [0.05, 0.1) is 5.41 Å². The van der Waals surface area contributed by atoms with Crippen LogP contribution in [-0.2, 0) is 4.79 Å². The molecule has 2 aromatic rings. The van der Waals surface area contributed by atoms with Crippen molar-refractivity contribution in [2.24, 2.45) is 5.41 Å². The summed E-state index contributed by atoms with van der Waals surface area (Å²) in [6, 6.07) is 11.3. The van der Waals surface area contributed by atoms with Crippen molar-refractivity contribution < 1.29 is 9.53 Å². The van der Waals surface area contributed by atoms with Crippen LogP contribution in [0.1, 0.15) is 31.9 Å². The molecular weight excluding hydrogens is 262 g/mol. The molecule has 1 heterocycles. The molecule has 21 heavy (non-hydrogen) atoms. The minimum atomic E-state index is -0.500. The lowest BCUT2D eigenvalue weighted by Crippen LogP contribution is -2.25. The van der Waals surface area contributed by atoms with E-state index < -0.39 is 5.41 Å². The van der Waals surface area contributed by atoms with Gasteiger partial charge in [0.25, 0.3) is 0 Å². The van der Waals surface area contributed by atoms with Gasteiger partial charge in [-0.05, 0) is 56.2 Å². The van der Waals surface area contributed by atoms with Crippen molar-refractivity contribution in [2.75, 3.05) is 0 Å². The number of pyridine rings is 1. The number of aromatic nitrogens is 1. The van der Waals surface area contributed by atoms with Crippen LogP contribution in [0.2, 0.25) is 0 Å². The Morgan fingerprint density at radius 3 is 2.00 bits per heavy atom. The highest BCUT2D eigenvalue weighted by Crippen LogP contribution is 2.20. The topological polar surface area (TPSA) is 39.2 Å². The summed E-state index contributed by atoms with van der Waals surface area (Å²) in [4.78, 5) is 15.8. The van der Waals surface area contributed by atoms with Crippen molar-refractivity contribution in [3.63, 3.8) is 0 Å². The number of carbonyl (C=O) groups is 1. The molecule has 3 nitrogen and oxygen atoms in total. The number of rotatable bonds is 3. The van der Waals surface area contributed by atoms with Crippen LogP contribution in [0, 0.1) is 5.41 Å². The van der Waals surface area contributed by atoms with E-state index in [1.807, 2.05) is 57.2 Å². The largest absolute Gasteiger partial charge is 0.426 e. The maximum Gasteiger partial charge on any atom is 0.316 e. The van der Waals surface area contributed by atoms with Gasteiger partial charge in [0.1, 0.15) is 5.75 Å². The molecule has 0 aliphatic heterocycles. The maximum absolute atomic E-state index is 11.8. The predicted octanol–water partition coefficient (Wildman–Crippen LogP) is 4.20. The maximum atomic E-state index is 11.8. The van der Waals surface area contributed by atoms with E-state index in [0.29, 0.717) is 5.75 Å². The fourth-order valence-electron chi connectivity index (χ4n) is 1.57. The van der Waals surface area contributed by atoms with E-state index in [1.165, 1.54) is 0 Å². The molecule has 0 spiro atoms. The minimum Gasteiger partial charge on any atom is -0.426 e. The molecule has 1 aromatic heterocycles. The number of ether oxygens (including phenoxy) is 1. The van der Waals surface area contributed by atoms with Gasteiger partial charge in [0, 0.05) is 12.4 Å². The third-order valence-electron chi connectivity index (χ3n) is 2.88. The molecule has 0 aliphatic rings. The lowest BCUT2D eigenvalue weighted by atomic mass is 9.97. The second-order valence-electron chi connectivity index (χ2n) is 5.82. The van der Waals surface area contributed by atoms with Gasteiger partial charge in [-0.15, -0.1) is 0 Å². The van der Waals surface area contributed by atoms with E-state index >= 15 is 0 Å². The molecule has 0 fully saturated rings. The molecule has 0 N–H and O–H groups in total. The van der Waals surface area contributed by atoms with Crippen molar-refractivity contribution in [3.05, 3.63) is 59.9 Å². The summed E-state index contributed by atoms with van der Waals surface area (Å²) in [5.41, 5.74) is 1.63. The van der Waals surface area contributed by atoms with E-state index in [0.717, 1.165) is 11.1 Å². The van der Waals surface area contributed by atoms with E-state index in [2.05, 4.69) is 4.98 Å². The zero-order valence-electron chi connectivity index (χ0n) is 12.5. The van der Waals surface area contributed by atoms with Crippen molar-refractivity contribution in [2.45, 2.75) is 20.8 Å². The molecule has 0 amide bonds. The van der Waals surface area contributed by atoms with Crippen LogP contribution in [0.15, 0.2) is 48.8 Å². The molecule has 1 aromatic carbocycles. The molecule has 0 aliphatic carbocycles. The fourth-order valence-corrected chi connectivity index (χ4v) is 1.57. The van der Waals surface area contributed by atoms with Crippen LogP contribution in [0.5, 0.6) is 5.75 Å². The van der Waals surface area contributed by atoms with Gasteiger partial charge in [0.2, 0.25) is 0 Å². The van der Waals surface area contributed by atoms with Gasteiger partial charge in [-0.3, -0.25) is 9.78 Å². The summed E-state index contributed by atoms with van der Waals surface area (Å²) >= 11 is 0. The number of carbonyl (C=O) groups excluding carboxylic acids is 1. The van der Waals surface area contributed by atoms with Crippen LogP contribution in [0.25, 0.3) is 12.2 Å². The van der Waals surface area contributed by atoms with Gasteiger partial charge in [-0.2, -0.15) is 0 Å². The molecule has 0 radical (unpaired) electrons. The molecule has 3 heteroatoms. The monoisotopic (exact) mass is 281 g/mol. The highest BCUT2D eigenvalue weighted by atomic mass is 16.5. The van der Waals surface area contributed by atoms with E-state index in [1.54, 1.807) is 24.5 Å². The van der Waals surface area contributed by atoms with Crippen LogP contribution in [0.4, 0.5) is 0 Å². The SMILES string of the molecule is CC(C)(C)C(=O)Oc1ccc(/C=C/c2ccncc2)cc1. The Kier molecular flexibility index (Phi) is 4.53. The third kappa shape index (κ3) is 4.56. The third-order valence-corrected chi connectivity index (χ3v) is 2.88. The normalized spacial score (nSPS) is 11.6. The number of hydrogen-bond acceptors (Lipinski definition) is 3. The van der Waals surface area contributed by atoms with Crippen LogP contribution < -0.4 is 4.74 Å². The molecule has 0 saturated carbocycles. The molecule has 108 valence electrons. The quantitative estimate of drug-likeness (QED) is 0.625. The van der Waals surface area contributed by atoms with Crippen LogP contribution in [0.3, 0.4) is 0 Å². The minimum absolute atomic E-state index is 0.234. The first-order valence-electron chi connectivity index (χ1n) is 6.85. The number of hydrogen-bond donors (Lipinski definition) is 0. The van der Waals surface area contributed by atoms with Crippen molar-refractivity contribution in [3.8, 4) is 5.75 Å². The average Bonchev–Trinajstić information content (AvgIpc) is 2.46. The first-order valence-corrected chi connectivity index (χ1v) is 6.85. The van der Waals surface area contributed by atoms with Crippen molar-refractivity contribution in [1.82, 2.24) is 4.98 Å². The average molecular weight is 281 g/mol. The zero-order chi connectivity index (χ0) is 15.3. The summed E-state index contributed by atoms with van der Waals surface area (Å²) in [7, 11) is 0. The number of nitrogens with zero attached hydrogens (tertiary/aromatic N) is 1. The van der Waals surface area contributed by atoms with Crippen LogP contribution in [-0.4, -0.2) is 11.0 Å². The fraction of sp³-hybridized carbons (Fsp3) is 0.222. The molecule has 0 unspecified atom stereocenters. The Morgan fingerprint density at radius 2 is 1.48 bits per heavy atom. The summed E-state index contributed by atoms with van der Waals surface area (Å²) in [5, 5.41) is 0. The molecule has 0 saturated heterocycles. The summed E-state index contributed by atoms with van der Waals surface area (Å²) in [6.45, 7) is 5.50. The van der Waals surface area contributed by atoms with E-state index in [-0.39, 0.29) is 5.97 Å². The molecule has 0 bridgehead atoms. The zero-order valence-corrected chi connectivity index (χ0v) is 12.5. The van der Waals surface area contributed by atoms with Crippen molar-refractivity contribution in [1.29, 1.82) is 0 Å². The van der Waals surface area contributed by atoms with Gasteiger partial charge < -0.3 is 4.74 Å². The summed E-state index contributed by atoms with van der Waals surface area (Å²) in [6.07, 6.45) is 7.53. The number of benzene rings is 1. The molecule has 2 rings (SSSR count). The lowest BCUT2D eigenvalue weighted by Gasteiger charge is -2.16. The lowest BCUT2D eigenvalue weighted by molar-refractivity contribution is -0.142. The van der Waals surface area contributed by atoms with E-state index in [4.69, 9.17) is 4.74 Å². The Labute approximate surface area is 125 Å². The van der Waals surface area contributed by atoms with Gasteiger partial charge >= 0.3 is 5.97 Å². The first-order chi connectivity index (χ1) is 9.95. The Balaban J connectivity index is 2.03. The second kappa shape index (κ2) is 6.35. The first kappa shape index (κ1) is 15.0. The van der Waals surface area contributed by atoms with Gasteiger partial charge in [0.15, 0.2) is 0 Å². The van der Waals surface area contributed by atoms with E-state index in [9.17, 15) is 4.79 Å². The van der Waals surface area contributed by atoms with Gasteiger partial charge in [-0.25, -0.2) is 0 Å². The van der Waals surface area contributed by atoms with Crippen molar-refractivity contribution >= 4 is 18.1 Å². The second-order valence-corrected chi connectivity index (χ2v) is 5.82. The highest BCUT2D eigenvalue weighted by Gasteiger charge is 2.23.